The number of carbonyl (C=O) groups is 1. The van der Waals surface area contributed by atoms with Gasteiger partial charge in [0.15, 0.2) is 0 Å². The van der Waals surface area contributed by atoms with Crippen LogP contribution in [0.3, 0.4) is 0 Å². The minimum absolute atomic E-state index is 0.0686. The van der Waals surface area contributed by atoms with Crippen LogP contribution < -0.4 is 0 Å². The maximum absolute atomic E-state index is 12.7. The van der Waals surface area contributed by atoms with Gasteiger partial charge >= 0.3 is 0 Å². The Morgan fingerprint density at radius 2 is 1.88 bits per heavy atom. The van der Waals surface area contributed by atoms with Gasteiger partial charge in [0.1, 0.15) is 11.4 Å². The van der Waals surface area contributed by atoms with E-state index >= 15 is 0 Å². The van der Waals surface area contributed by atoms with Crippen molar-refractivity contribution in [3.8, 4) is 11.3 Å². The van der Waals surface area contributed by atoms with Gasteiger partial charge in [-0.1, -0.05) is 0 Å². The van der Waals surface area contributed by atoms with Crippen LogP contribution in [0.5, 0.6) is 0 Å². The molecule has 3 heterocycles. The van der Waals surface area contributed by atoms with Crippen LogP contribution in [0.15, 0.2) is 48.0 Å². The van der Waals surface area contributed by atoms with Gasteiger partial charge in [0.2, 0.25) is 5.78 Å². The standard InChI is InChI=1S/C16H8N4O3S/c21-15(9-1-3-10(4-2-9)20(22)23)13-11-5-7-17-12-6-8-24-16(12)14(11)19-18-13/h1-8H. The van der Waals surface area contributed by atoms with Crippen LogP contribution in [0.25, 0.3) is 21.5 Å². The third kappa shape index (κ3) is 2.20. The summed E-state index contributed by atoms with van der Waals surface area (Å²) in [6.07, 6.45) is 1.62. The van der Waals surface area contributed by atoms with Crippen molar-refractivity contribution in [1.29, 1.82) is 0 Å². The van der Waals surface area contributed by atoms with E-state index in [9.17, 15) is 14.9 Å². The van der Waals surface area contributed by atoms with E-state index in [0.29, 0.717) is 16.8 Å². The number of fused-ring (bicyclic) bond motifs is 3. The van der Waals surface area contributed by atoms with Crippen LogP contribution in [0, 0.1) is 10.1 Å². The maximum Gasteiger partial charge on any atom is 0.269 e. The SMILES string of the molecule is O=C(c1ccc([N+](=O)[O-])cc1)c1nnc2c3sccc3nccc1-2. The molecular formula is C16H8N4O3S. The largest absolute Gasteiger partial charge is 0.287 e. The summed E-state index contributed by atoms with van der Waals surface area (Å²) >= 11 is 1.48. The summed E-state index contributed by atoms with van der Waals surface area (Å²) in [5.41, 5.74) is 2.51. The second-order valence-electron chi connectivity index (χ2n) is 5.02. The van der Waals surface area contributed by atoms with E-state index in [1.807, 2.05) is 11.4 Å². The molecule has 0 saturated heterocycles. The molecule has 2 aliphatic heterocycles. The topological polar surface area (TPSA) is 98.9 Å². The lowest BCUT2D eigenvalue weighted by atomic mass is 10.0. The molecule has 0 amide bonds. The van der Waals surface area contributed by atoms with Crippen molar-refractivity contribution in [3.05, 3.63) is 69.3 Å². The van der Waals surface area contributed by atoms with Crippen molar-refractivity contribution < 1.29 is 9.72 Å². The summed E-state index contributed by atoms with van der Waals surface area (Å²) in [6, 6.07) is 9.02. The first-order chi connectivity index (χ1) is 11.6. The predicted octanol–water partition coefficient (Wildman–Crippen LogP) is 3.33. The van der Waals surface area contributed by atoms with Crippen LogP contribution in [0.1, 0.15) is 16.1 Å². The fourth-order valence-electron chi connectivity index (χ4n) is 2.46. The summed E-state index contributed by atoms with van der Waals surface area (Å²) in [6.45, 7) is 0. The Morgan fingerprint density at radius 1 is 1.08 bits per heavy atom. The molecule has 0 N–H and O–H groups in total. The Kier molecular flexibility index (Phi) is 3.24. The highest BCUT2D eigenvalue weighted by atomic mass is 32.1. The van der Waals surface area contributed by atoms with Crippen molar-refractivity contribution in [1.82, 2.24) is 15.2 Å². The molecule has 2 aliphatic rings. The Labute approximate surface area is 139 Å². The zero-order chi connectivity index (χ0) is 16.7. The molecule has 0 fully saturated rings. The summed E-state index contributed by atoms with van der Waals surface area (Å²) in [5.74, 6) is -0.330. The third-order valence-electron chi connectivity index (χ3n) is 3.63. The van der Waals surface area contributed by atoms with Crippen LogP contribution in [0.2, 0.25) is 0 Å². The average Bonchev–Trinajstić information content (AvgIpc) is 3.18. The number of non-ortho nitro benzene ring substituents is 1. The number of hydrogen-bond acceptors (Lipinski definition) is 7. The number of nitrogens with zero attached hydrogens (tertiary/aromatic N) is 4. The Hall–Kier alpha value is -3.26. The van der Waals surface area contributed by atoms with Gasteiger partial charge < -0.3 is 0 Å². The van der Waals surface area contributed by atoms with Gasteiger partial charge in [-0.25, -0.2) is 0 Å². The van der Waals surface area contributed by atoms with Gasteiger partial charge in [-0.2, -0.15) is 0 Å². The molecule has 0 saturated carbocycles. The number of benzene rings is 1. The van der Waals surface area contributed by atoms with Crippen LogP contribution in [-0.4, -0.2) is 25.9 Å². The van der Waals surface area contributed by atoms with E-state index in [1.54, 1.807) is 12.3 Å². The van der Waals surface area contributed by atoms with Gasteiger partial charge in [-0.05, 0) is 29.6 Å². The fourth-order valence-corrected chi connectivity index (χ4v) is 3.29. The Balaban J connectivity index is 1.80. The molecule has 1 aromatic carbocycles. The van der Waals surface area contributed by atoms with Crippen molar-refractivity contribution in [2.45, 2.75) is 0 Å². The smallest absolute Gasteiger partial charge is 0.269 e. The Morgan fingerprint density at radius 3 is 2.62 bits per heavy atom. The number of thiophene rings is 1. The molecule has 0 spiro atoms. The molecular weight excluding hydrogens is 328 g/mol. The van der Waals surface area contributed by atoms with E-state index in [1.165, 1.54) is 35.6 Å². The molecule has 0 aliphatic carbocycles. The van der Waals surface area contributed by atoms with Crippen molar-refractivity contribution in [2.75, 3.05) is 0 Å². The first kappa shape index (κ1) is 14.3. The number of nitro benzene ring substituents is 1. The van der Waals surface area contributed by atoms with Gasteiger partial charge in [-0.3, -0.25) is 19.9 Å². The number of carbonyl (C=O) groups excluding carboxylic acids is 1. The minimum Gasteiger partial charge on any atom is -0.287 e. The van der Waals surface area contributed by atoms with Crippen molar-refractivity contribution in [2.24, 2.45) is 0 Å². The van der Waals surface area contributed by atoms with Crippen molar-refractivity contribution in [3.63, 3.8) is 0 Å². The normalized spacial score (nSPS) is 11.0. The fraction of sp³-hybridized carbons (Fsp3) is 0. The Bertz CT molecular complexity index is 1060. The zero-order valence-electron chi connectivity index (χ0n) is 12.0. The lowest BCUT2D eigenvalue weighted by Crippen LogP contribution is -2.03. The second-order valence-corrected chi connectivity index (χ2v) is 5.94. The summed E-state index contributed by atoms with van der Waals surface area (Å²) in [5, 5.41) is 20.8. The van der Waals surface area contributed by atoms with E-state index < -0.39 is 4.92 Å². The number of ketones is 1. The van der Waals surface area contributed by atoms with E-state index in [4.69, 9.17) is 0 Å². The number of nitro groups is 1. The molecule has 0 radical (unpaired) electrons. The predicted molar refractivity (Wildman–Crippen MR) is 88.4 cm³/mol. The van der Waals surface area contributed by atoms with Gasteiger partial charge in [0.25, 0.3) is 5.69 Å². The molecule has 7 nitrogen and oxygen atoms in total. The lowest BCUT2D eigenvalue weighted by molar-refractivity contribution is -0.384. The molecule has 0 unspecified atom stereocenters. The van der Waals surface area contributed by atoms with Gasteiger partial charge in [0, 0.05) is 29.5 Å². The molecule has 116 valence electrons. The molecule has 0 atom stereocenters. The van der Waals surface area contributed by atoms with Gasteiger partial charge in [0.05, 0.1) is 15.1 Å². The summed E-state index contributed by atoms with van der Waals surface area (Å²) in [7, 11) is 0. The van der Waals surface area contributed by atoms with Crippen LogP contribution >= 0.6 is 11.3 Å². The number of hydrogen-bond donors (Lipinski definition) is 0. The zero-order valence-corrected chi connectivity index (χ0v) is 12.9. The van der Waals surface area contributed by atoms with E-state index in [-0.39, 0.29) is 17.2 Å². The average molecular weight is 336 g/mol. The highest BCUT2D eigenvalue weighted by molar-refractivity contribution is 7.17. The molecule has 8 heteroatoms. The first-order valence-electron chi connectivity index (χ1n) is 6.93. The second kappa shape index (κ2) is 5.43. The van der Waals surface area contributed by atoms with E-state index in [2.05, 4.69) is 15.2 Å². The van der Waals surface area contributed by atoms with Gasteiger partial charge in [-0.15, -0.1) is 21.5 Å². The first-order valence-corrected chi connectivity index (χ1v) is 7.81. The lowest BCUT2D eigenvalue weighted by Gasteiger charge is -1.99. The van der Waals surface area contributed by atoms with Crippen molar-refractivity contribution >= 4 is 33.0 Å². The number of aromatic nitrogens is 3. The number of rotatable bonds is 3. The molecule has 24 heavy (non-hydrogen) atoms. The van der Waals surface area contributed by atoms with E-state index in [0.717, 1.165) is 10.2 Å². The van der Waals surface area contributed by atoms with Crippen LogP contribution in [0.4, 0.5) is 5.69 Å². The minimum atomic E-state index is -0.509. The summed E-state index contributed by atoms with van der Waals surface area (Å²) in [4.78, 5) is 27.2. The highest BCUT2D eigenvalue weighted by Gasteiger charge is 2.23. The molecule has 4 rings (SSSR count). The summed E-state index contributed by atoms with van der Waals surface area (Å²) < 4.78 is 0.866. The van der Waals surface area contributed by atoms with Crippen LogP contribution in [-0.2, 0) is 0 Å². The molecule has 2 aromatic rings. The maximum atomic E-state index is 12.7. The monoisotopic (exact) mass is 336 g/mol. The molecule has 0 bridgehead atoms. The highest BCUT2D eigenvalue weighted by Crippen LogP contribution is 2.32. The quantitative estimate of drug-likeness (QED) is 0.323. The third-order valence-corrected chi connectivity index (χ3v) is 4.54. The molecule has 1 aromatic heterocycles.